The Morgan fingerprint density at radius 3 is 2.30 bits per heavy atom. The molecular formula is C32H39N3O4S. The first-order chi connectivity index (χ1) is 18.9. The highest BCUT2D eigenvalue weighted by Gasteiger charge is 2.33. The molecular weight excluding hydrogens is 522 g/mol. The molecule has 0 amide bonds. The maximum absolute atomic E-state index is 14.2. The van der Waals surface area contributed by atoms with E-state index in [0.29, 0.717) is 35.4 Å². The normalized spacial score (nSPS) is 13.2. The van der Waals surface area contributed by atoms with E-state index in [1.54, 1.807) is 42.9 Å². The number of hydrogen-bond donors (Lipinski definition) is 0. The fourth-order valence-corrected chi connectivity index (χ4v) is 6.63. The lowest BCUT2D eigenvalue weighted by molar-refractivity contribution is 0.182. The Hall–Kier alpha value is -3.33. The molecule has 0 aliphatic rings. The summed E-state index contributed by atoms with van der Waals surface area (Å²) in [5.74, 6) is 0.364. The van der Waals surface area contributed by atoms with E-state index in [9.17, 15) is 13.2 Å². The summed E-state index contributed by atoms with van der Waals surface area (Å²) in [6.45, 7) is 12.6. The fraction of sp³-hybridized carbons (Fsp3) is 0.375. The molecule has 0 saturated heterocycles. The molecule has 0 saturated carbocycles. The number of fused-ring (bicyclic) bond motifs is 1. The van der Waals surface area contributed by atoms with Crippen molar-refractivity contribution < 1.29 is 13.2 Å². The van der Waals surface area contributed by atoms with Crippen molar-refractivity contribution in [2.45, 2.75) is 64.3 Å². The van der Waals surface area contributed by atoms with Crippen LogP contribution in [-0.2, 0) is 20.2 Å². The molecule has 7 nitrogen and oxygen atoms in total. The Bertz CT molecular complexity index is 1670. The zero-order chi connectivity index (χ0) is 29.2. The number of ether oxygens (including phenoxy) is 1. The molecule has 40 heavy (non-hydrogen) atoms. The van der Waals surface area contributed by atoms with Gasteiger partial charge in [0, 0.05) is 20.3 Å². The molecule has 3 aromatic carbocycles. The van der Waals surface area contributed by atoms with E-state index in [1.165, 1.54) is 4.31 Å². The summed E-state index contributed by atoms with van der Waals surface area (Å²) in [6, 6.07) is 19.3. The Balaban J connectivity index is 1.92. The lowest BCUT2D eigenvalue weighted by Gasteiger charge is -2.30. The zero-order valence-electron chi connectivity index (χ0n) is 24.4. The van der Waals surface area contributed by atoms with Gasteiger partial charge in [-0.3, -0.25) is 9.36 Å². The first-order valence-electron chi connectivity index (χ1n) is 13.6. The molecule has 1 unspecified atom stereocenters. The van der Waals surface area contributed by atoms with Crippen molar-refractivity contribution in [3.8, 4) is 5.69 Å². The molecule has 0 radical (unpaired) electrons. The van der Waals surface area contributed by atoms with Gasteiger partial charge in [-0.1, -0.05) is 62.7 Å². The number of nitrogens with zero attached hydrogens (tertiary/aromatic N) is 3. The lowest BCUT2D eigenvalue weighted by atomic mass is 9.87. The Morgan fingerprint density at radius 1 is 1.00 bits per heavy atom. The smallest absolute Gasteiger partial charge is 0.266 e. The molecule has 0 fully saturated rings. The summed E-state index contributed by atoms with van der Waals surface area (Å²) in [4.78, 5) is 19.1. The third-order valence-corrected chi connectivity index (χ3v) is 9.24. The van der Waals surface area contributed by atoms with Crippen molar-refractivity contribution in [3.63, 3.8) is 0 Å². The quantitative estimate of drug-likeness (QED) is 0.231. The first kappa shape index (κ1) is 29.6. The van der Waals surface area contributed by atoms with Crippen LogP contribution in [0.15, 0.2) is 76.4 Å². The van der Waals surface area contributed by atoms with Gasteiger partial charge in [0.05, 0.1) is 27.5 Å². The minimum absolute atomic E-state index is 0.106. The van der Waals surface area contributed by atoms with Crippen molar-refractivity contribution >= 4 is 20.9 Å². The standard InChI is InChI=1S/C32H39N3O4S/c1-22-13-18-29(23(2)21-22)35-30(33-28-12-9-8-11-27(28)31(35)36)24(3)34(19-10-20-39-7)40(37,38)26-16-14-25(15-17-26)32(4,5)6/h8-9,11-18,21,24H,10,19-20H2,1-7H3. The molecule has 1 heterocycles. The summed E-state index contributed by atoms with van der Waals surface area (Å²) in [5, 5.41) is 0.477. The molecule has 0 bridgehead atoms. The monoisotopic (exact) mass is 561 g/mol. The molecule has 4 rings (SSSR count). The minimum atomic E-state index is -3.95. The highest BCUT2D eigenvalue weighted by Crippen LogP contribution is 2.31. The molecule has 0 spiro atoms. The third-order valence-electron chi connectivity index (χ3n) is 7.25. The van der Waals surface area contributed by atoms with Gasteiger partial charge in [0.2, 0.25) is 10.0 Å². The fourth-order valence-electron chi connectivity index (χ4n) is 5.00. The SMILES string of the molecule is COCCCN(C(C)c1nc2ccccc2c(=O)n1-c1ccc(C)cc1C)S(=O)(=O)c1ccc(C(C)(C)C)cc1. The molecule has 0 aliphatic heterocycles. The molecule has 8 heteroatoms. The number of rotatable bonds is 9. The van der Waals surface area contributed by atoms with Gasteiger partial charge in [0.15, 0.2) is 0 Å². The van der Waals surface area contributed by atoms with Gasteiger partial charge in [0.25, 0.3) is 5.56 Å². The van der Waals surface area contributed by atoms with E-state index >= 15 is 0 Å². The van der Waals surface area contributed by atoms with Gasteiger partial charge in [-0.15, -0.1) is 0 Å². The predicted molar refractivity (Wildman–Crippen MR) is 161 cm³/mol. The maximum atomic E-state index is 14.2. The molecule has 1 atom stereocenters. The van der Waals surface area contributed by atoms with E-state index in [4.69, 9.17) is 9.72 Å². The molecule has 4 aromatic rings. The first-order valence-corrected chi connectivity index (χ1v) is 15.0. The second kappa shape index (κ2) is 11.6. The molecule has 1 aromatic heterocycles. The van der Waals surface area contributed by atoms with E-state index < -0.39 is 16.1 Å². The summed E-state index contributed by atoms with van der Waals surface area (Å²) < 4.78 is 36.6. The summed E-state index contributed by atoms with van der Waals surface area (Å²) in [6.07, 6.45) is 0.488. The van der Waals surface area contributed by atoms with Crippen LogP contribution in [0.3, 0.4) is 0 Å². The average molecular weight is 562 g/mol. The predicted octanol–water partition coefficient (Wildman–Crippen LogP) is 6.09. The highest BCUT2D eigenvalue weighted by atomic mass is 32.2. The zero-order valence-corrected chi connectivity index (χ0v) is 25.2. The summed E-state index contributed by atoms with van der Waals surface area (Å²) in [7, 11) is -2.36. The van der Waals surface area contributed by atoms with Crippen LogP contribution >= 0.6 is 0 Å². The van der Waals surface area contributed by atoms with Crippen LogP contribution in [0.2, 0.25) is 0 Å². The van der Waals surface area contributed by atoms with Crippen molar-refractivity contribution in [2.24, 2.45) is 0 Å². The van der Waals surface area contributed by atoms with Crippen LogP contribution in [0.25, 0.3) is 16.6 Å². The Kier molecular flexibility index (Phi) is 8.63. The molecule has 212 valence electrons. The van der Waals surface area contributed by atoms with E-state index in [2.05, 4.69) is 20.8 Å². The van der Waals surface area contributed by atoms with Crippen LogP contribution in [0.4, 0.5) is 0 Å². The van der Waals surface area contributed by atoms with Crippen LogP contribution in [0.5, 0.6) is 0 Å². The largest absolute Gasteiger partial charge is 0.385 e. The van der Waals surface area contributed by atoms with Crippen molar-refractivity contribution in [3.05, 3.63) is 99.6 Å². The summed E-state index contributed by atoms with van der Waals surface area (Å²) in [5.41, 5.74) is 3.89. The van der Waals surface area contributed by atoms with E-state index in [0.717, 1.165) is 16.7 Å². The van der Waals surface area contributed by atoms with Gasteiger partial charge >= 0.3 is 0 Å². The second-order valence-electron chi connectivity index (χ2n) is 11.3. The van der Waals surface area contributed by atoms with Crippen molar-refractivity contribution in [1.82, 2.24) is 13.9 Å². The van der Waals surface area contributed by atoms with Crippen LogP contribution in [-0.4, -0.2) is 42.5 Å². The Morgan fingerprint density at radius 2 is 1.68 bits per heavy atom. The van der Waals surface area contributed by atoms with Gasteiger partial charge in [-0.05, 0) is 74.1 Å². The Labute approximate surface area is 237 Å². The topological polar surface area (TPSA) is 81.5 Å². The second-order valence-corrected chi connectivity index (χ2v) is 13.2. The van der Waals surface area contributed by atoms with Gasteiger partial charge in [0.1, 0.15) is 5.82 Å². The van der Waals surface area contributed by atoms with Gasteiger partial charge in [-0.2, -0.15) is 4.31 Å². The number of methoxy groups -OCH3 is 1. The average Bonchev–Trinajstić information content (AvgIpc) is 2.91. The number of benzene rings is 3. The minimum Gasteiger partial charge on any atom is -0.385 e. The van der Waals surface area contributed by atoms with Crippen LogP contribution < -0.4 is 5.56 Å². The molecule has 0 N–H and O–H groups in total. The van der Waals surface area contributed by atoms with Crippen LogP contribution in [0.1, 0.15) is 62.7 Å². The maximum Gasteiger partial charge on any atom is 0.266 e. The molecule has 0 aliphatic carbocycles. The van der Waals surface area contributed by atoms with Gasteiger partial charge in [-0.25, -0.2) is 13.4 Å². The number of sulfonamides is 1. The van der Waals surface area contributed by atoms with Gasteiger partial charge < -0.3 is 4.74 Å². The number of para-hydroxylation sites is 1. The van der Waals surface area contributed by atoms with Crippen molar-refractivity contribution in [1.29, 1.82) is 0 Å². The van der Waals surface area contributed by atoms with E-state index in [-0.39, 0.29) is 22.4 Å². The highest BCUT2D eigenvalue weighted by molar-refractivity contribution is 7.89. The number of aromatic nitrogens is 2. The van der Waals surface area contributed by atoms with E-state index in [1.807, 2.05) is 56.3 Å². The van der Waals surface area contributed by atoms with Crippen molar-refractivity contribution in [2.75, 3.05) is 20.3 Å². The van der Waals surface area contributed by atoms with Crippen LogP contribution in [0, 0.1) is 13.8 Å². The number of hydrogen-bond acceptors (Lipinski definition) is 5. The third kappa shape index (κ3) is 5.89. The lowest BCUT2D eigenvalue weighted by Crippen LogP contribution is -2.38. The number of aryl methyl sites for hydroxylation is 2. The summed E-state index contributed by atoms with van der Waals surface area (Å²) >= 11 is 0.